The molecule has 0 aliphatic rings. The van der Waals surface area contributed by atoms with E-state index in [0.29, 0.717) is 6.54 Å². The molecule has 0 radical (unpaired) electrons. The van der Waals surface area contributed by atoms with Gasteiger partial charge in [0.15, 0.2) is 9.84 Å². The number of hydrogen-bond donors (Lipinski definition) is 1. The van der Waals surface area contributed by atoms with Crippen LogP contribution in [0.1, 0.15) is 27.7 Å². The van der Waals surface area contributed by atoms with Crippen LogP contribution in [0.25, 0.3) is 0 Å². The lowest BCUT2D eigenvalue weighted by Crippen LogP contribution is -2.25. The average Bonchev–Trinajstić information content (AvgIpc) is 2.90. The van der Waals surface area contributed by atoms with Crippen molar-refractivity contribution in [1.29, 1.82) is 0 Å². The molecule has 0 bridgehead atoms. The molecule has 0 saturated heterocycles. The van der Waals surface area contributed by atoms with Gasteiger partial charge in [-0.3, -0.25) is 4.79 Å². The first-order valence-electron chi connectivity index (χ1n) is 6.58. The van der Waals surface area contributed by atoms with E-state index in [1.54, 1.807) is 36.5 Å². The zero-order valence-electron chi connectivity index (χ0n) is 11.9. The van der Waals surface area contributed by atoms with Crippen molar-refractivity contribution in [2.24, 2.45) is 0 Å². The van der Waals surface area contributed by atoms with Crippen LogP contribution in [0.5, 0.6) is 0 Å². The van der Waals surface area contributed by atoms with Gasteiger partial charge in [0.25, 0.3) is 5.91 Å². The fourth-order valence-corrected chi connectivity index (χ4v) is 3.86. The van der Waals surface area contributed by atoms with Crippen molar-refractivity contribution in [1.82, 2.24) is 5.32 Å². The highest BCUT2D eigenvalue weighted by molar-refractivity contribution is 7.91. The van der Waals surface area contributed by atoms with Gasteiger partial charge in [-0.25, -0.2) is 8.42 Å². The van der Waals surface area contributed by atoms with Crippen molar-refractivity contribution >= 4 is 27.1 Å². The molecule has 0 atom stereocenters. The van der Waals surface area contributed by atoms with Gasteiger partial charge in [0.1, 0.15) is 0 Å². The molecule has 1 amide bonds. The van der Waals surface area contributed by atoms with Crippen molar-refractivity contribution in [3.05, 3.63) is 51.7 Å². The smallest absolute Gasteiger partial charge is 0.252 e. The third-order valence-electron chi connectivity index (χ3n) is 3.22. The Morgan fingerprint density at radius 1 is 1.24 bits per heavy atom. The Morgan fingerprint density at radius 3 is 2.57 bits per heavy atom. The zero-order chi connectivity index (χ0) is 15.5. The molecule has 1 N–H and O–H groups in total. The Bertz CT molecular complexity index is 748. The molecule has 21 heavy (non-hydrogen) atoms. The fourth-order valence-electron chi connectivity index (χ4n) is 1.92. The second-order valence-electron chi connectivity index (χ2n) is 4.61. The van der Waals surface area contributed by atoms with E-state index in [9.17, 15) is 13.2 Å². The van der Waals surface area contributed by atoms with Gasteiger partial charge in [0.2, 0.25) is 0 Å². The molecule has 1 aromatic heterocycles. The van der Waals surface area contributed by atoms with E-state index in [2.05, 4.69) is 5.32 Å². The molecular weight excluding hydrogens is 306 g/mol. The van der Waals surface area contributed by atoms with E-state index < -0.39 is 9.84 Å². The summed E-state index contributed by atoms with van der Waals surface area (Å²) < 4.78 is 24.1. The number of carbonyl (C=O) groups excluding carboxylic acids is 1. The Kier molecular flexibility index (Phi) is 4.80. The maximum Gasteiger partial charge on any atom is 0.252 e. The highest BCUT2D eigenvalue weighted by Crippen LogP contribution is 2.18. The lowest BCUT2D eigenvalue weighted by Gasteiger charge is -2.09. The molecular formula is C15H17NO3S2. The summed E-state index contributed by atoms with van der Waals surface area (Å²) >= 11 is 1.57. The van der Waals surface area contributed by atoms with E-state index in [1.807, 2.05) is 18.4 Å². The van der Waals surface area contributed by atoms with Gasteiger partial charge < -0.3 is 5.32 Å². The molecule has 2 rings (SSSR count). The molecule has 0 spiro atoms. The summed E-state index contributed by atoms with van der Waals surface area (Å²) in [4.78, 5) is 13.4. The van der Waals surface area contributed by atoms with Gasteiger partial charge in [-0.15, -0.1) is 11.3 Å². The minimum absolute atomic E-state index is 0.0265. The highest BCUT2D eigenvalue weighted by Gasteiger charge is 2.20. The normalized spacial score (nSPS) is 11.3. The predicted molar refractivity (Wildman–Crippen MR) is 84.4 cm³/mol. The Balaban J connectivity index is 2.22. The largest absolute Gasteiger partial charge is 0.347 e. The first-order valence-corrected chi connectivity index (χ1v) is 9.12. The monoisotopic (exact) mass is 323 g/mol. The number of nitrogens with one attached hydrogen (secondary N) is 1. The highest BCUT2D eigenvalue weighted by atomic mass is 32.2. The Morgan fingerprint density at radius 2 is 1.95 bits per heavy atom. The lowest BCUT2D eigenvalue weighted by atomic mass is 10.2. The summed E-state index contributed by atoms with van der Waals surface area (Å²) in [5.74, 6) is -0.392. The molecule has 2 aromatic rings. The van der Waals surface area contributed by atoms with Gasteiger partial charge in [-0.1, -0.05) is 19.1 Å². The number of benzene rings is 1. The van der Waals surface area contributed by atoms with Crippen LogP contribution in [0.3, 0.4) is 0 Å². The van der Waals surface area contributed by atoms with Gasteiger partial charge in [-0.2, -0.15) is 0 Å². The van der Waals surface area contributed by atoms with Crippen LogP contribution in [0, 0.1) is 6.92 Å². The number of amides is 1. The van der Waals surface area contributed by atoms with Crippen LogP contribution in [-0.2, 0) is 16.4 Å². The summed E-state index contributed by atoms with van der Waals surface area (Å²) in [5, 5.41) is 4.75. The van der Waals surface area contributed by atoms with Crippen molar-refractivity contribution < 1.29 is 13.2 Å². The molecule has 0 saturated carbocycles. The summed E-state index contributed by atoms with van der Waals surface area (Å²) in [7, 11) is -3.41. The third-order valence-corrected chi connectivity index (χ3v) is 6.03. The minimum Gasteiger partial charge on any atom is -0.347 e. The quantitative estimate of drug-likeness (QED) is 0.920. The maximum absolute atomic E-state index is 12.3. The number of hydrogen-bond acceptors (Lipinski definition) is 4. The minimum atomic E-state index is -3.41. The standard InChI is InChI=1S/C15H17NO3S2/c1-3-21(18,19)14-7-5-4-6-12(14)15(17)16-10-13-11(2)8-9-20-13/h4-9H,3,10H2,1-2H3,(H,16,17). The van der Waals surface area contributed by atoms with Crippen LogP contribution < -0.4 is 5.32 Å². The van der Waals surface area contributed by atoms with E-state index in [4.69, 9.17) is 0 Å². The number of aryl methyl sites for hydroxylation is 1. The summed E-state index contributed by atoms with van der Waals surface area (Å²) in [6, 6.07) is 8.30. The SMILES string of the molecule is CCS(=O)(=O)c1ccccc1C(=O)NCc1sccc1C. The number of thiophene rings is 1. The number of rotatable bonds is 5. The van der Waals surface area contributed by atoms with Crippen molar-refractivity contribution in [2.75, 3.05) is 5.75 Å². The first-order chi connectivity index (χ1) is 9.95. The van der Waals surface area contributed by atoms with Crippen molar-refractivity contribution in [3.63, 3.8) is 0 Å². The maximum atomic E-state index is 12.3. The molecule has 0 aliphatic heterocycles. The van der Waals surface area contributed by atoms with Crippen LogP contribution in [0.2, 0.25) is 0 Å². The molecule has 0 unspecified atom stereocenters. The molecule has 4 nitrogen and oxygen atoms in total. The van der Waals surface area contributed by atoms with Crippen molar-refractivity contribution in [2.45, 2.75) is 25.3 Å². The first kappa shape index (κ1) is 15.7. The van der Waals surface area contributed by atoms with Crippen LogP contribution in [-0.4, -0.2) is 20.1 Å². The third kappa shape index (κ3) is 3.51. The average molecular weight is 323 g/mol. The molecule has 0 aliphatic carbocycles. The summed E-state index contributed by atoms with van der Waals surface area (Å²) in [6.07, 6.45) is 0. The number of sulfone groups is 1. The second kappa shape index (κ2) is 6.41. The van der Waals surface area contributed by atoms with Gasteiger partial charge >= 0.3 is 0 Å². The zero-order valence-corrected chi connectivity index (χ0v) is 13.6. The van der Waals surface area contributed by atoms with E-state index in [0.717, 1.165) is 10.4 Å². The summed E-state index contributed by atoms with van der Waals surface area (Å²) in [5.41, 5.74) is 1.32. The van der Waals surface area contributed by atoms with Gasteiger partial charge in [0, 0.05) is 4.88 Å². The molecule has 6 heteroatoms. The lowest BCUT2D eigenvalue weighted by molar-refractivity contribution is 0.0948. The van der Waals surface area contributed by atoms with E-state index in [-0.39, 0.29) is 22.1 Å². The molecule has 112 valence electrons. The topological polar surface area (TPSA) is 63.2 Å². The fraction of sp³-hybridized carbons (Fsp3) is 0.267. The predicted octanol–water partition coefficient (Wildman–Crippen LogP) is 2.78. The molecule has 0 fully saturated rings. The summed E-state index contributed by atoms with van der Waals surface area (Å²) in [6.45, 7) is 3.95. The Hall–Kier alpha value is -1.66. The van der Waals surface area contributed by atoms with Crippen LogP contribution in [0.15, 0.2) is 40.6 Å². The van der Waals surface area contributed by atoms with Crippen molar-refractivity contribution in [3.8, 4) is 0 Å². The second-order valence-corrected chi connectivity index (χ2v) is 7.86. The van der Waals surface area contributed by atoms with Crippen LogP contribution in [0.4, 0.5) is 0 Å². The number of carbonyl (C=O) groups is 1. The van der Waals surface area contributed by atoms with Gasteiger partial charge in [-0.05, 0) is 36.1 Å². The van der Waals surface area contributed by atoms with Crippen LogP contribution >= 0.6 is 11.3 Å². The van der Waals surface area contributed by atoms with Gasteiger partial charge in [0.05, 0.1) is 22.8 Å². The van der Waals surface area contributed by atoms with E-state index in [1.165, 1.54) is 6.07 Å². The molecule has 1 heterocycles. The molecule has 1 aromatic carbocycles. The van der Waals surface area contributed by atoms with E-state index >= 15 is 0 Å². The Labute approximate surface area is 128 Å².